The van der Waals surface area contributed by atoms with Crippen LogP contribution in [0.4, 0.5) is 17.3 Å². The summed E-state index contributed by atoms with van der Waals surface area (Å²) in [6.45, 7) is 0.173. The van der Waals surface area contributed by atoms with E-state index in [0.717, 1.165) is 0 Å². The van der Waals surface area contributed by atoms with Gasteiger partial charge in [0, 0.05) is 0 Å². The second kappa shape index (κ2) is 3.02. The molecule has 2 heterocycles. The summed E-state index contributed by atoms with van der Waals surface area (Å²) in [6, 6.07) is 0.171. The van der Waals surface area contributed by atoms with E-state index in [1.165, 1.54) is 7.11 Å². The minimum Gasteiger partial charge on any atom is -0.467 e. The Balaban J connectivity index is 2.48. The van der Waals surface area contributed by atoms with E-state index in [2.05, 4.69) is 20.6 Å². The van der Waals surface area contributed by atoms with E-state index < -0.39 is 0 Å². The molecule has 14 heavy (non-hydrogen) atoms. The average Bonchev–Trinajstić information content (AvgIpc) is 2.19. The summed E-state index contributed by atoms with van der Waals surface area (Å²) in [4.78, 5) is 18.8. The third-order valence-electron chi connectivity index (χ3n) is 1.78. The molecule has 0 atom stereocenters. The molecule has 0 radical (unpaired) electrons. The molecule has 0 fully saturated rings. The molecule has 1 aliphatic heterocycles. The first-order valence-electron chi connectivity index (χ1n) is 3.96. The van der Waals surface area contributed by atoms with Crippen LogP contribution in [-0.4, -0.2) is 29.5 Å². The highest BCUT2D eigenvalue weighted by molar-refractivity contribution is 6.02. The number of rotatable bonds is 1. The Morgan fingerprint density at radius 3 is 3.00 bits per heavy atom. The Morgan fingerprint density at radius 1 is 1.50 bits per heavy atom. The Bertz CT molecular complexity index is 392. The zero-order valence-electron chi connectivity index (χ0n) is 7.50. The van der Waals surface area contributed by atoms with Crippen LogP contribution in [0.3, 0.4) is 0 Å². The quantitative estimate of drug-likeness (QED) is 0.554. The number of anilines is 3. The molecule has 1 aromatic rings. The smallest absolute Gasteiger partial charge is 0.320 e. The minimum atomic E-state index is -0.169. The van der Waals surface area contributed by atoms with Crippen molar-refractivity contribution in [1.29, 1.82) is 0 Å². The third kappa shape index (κ3) is 1.28. The average molecular weight is 195 g/mol. The van der Waals surface area contributed by atoms with Crippen LogP contribution in [0, 0.1) is 0 Å². The number of carbonyl (C=O) groups excluding carboxylic acids is 1. The molecule has 4 N–H and O–H groups in total. The summed E-state index contributed by atoms with van der Waals surface area (Å²) in [5.41, 5.74) is 6.00. The van der Waals surface area contributed by atoms with Crippen molar-refractivity contribution in [3.63, 3.8) is 0 Å². The number of nitrogens with one attached hydrogen (secondary N) is 2. The first-order valence-corrected chi connectivity index (χ1v) is 3.96. The van der Waals surface area contributed by atoms with Crippen molar-refractivity contribution < 1.29 is 9.53 Å². The number of ether oxygens (including phenoxy) is 1. The van der Waals surface area contributed by atoms with Crippen molar-refractivity contribution in [2.24, 2.45) is 0 Å². The molecule has 7 nitrogen and oxygen atoms in total. The van der Waals surface area contributed by atoms with E-state index in [9.17, 15) is 4.79 Å². The first-order chi connectivity index (χ1) is 6.70. The van der Waals surface area contributed by atoms with Crippen LogP contribution in [0.2, 0.25) is 0 Å². The van der Waals surface area contributed by atoms with Crippen molar-refractivity contribution in [2.75, 3.05) is 30.0 Å². The van der Waals surface area contributed by atoms with E-state index in [4.69, 9.17) is 10.5 Å². The monoisotopic (exact) mass is 195 g/mol. The van der Waals surface area contributed by atoms with Crippen LogP contribution < -0.4 is 21.1 Å². The maximum absolute atomic E-state index is 11.0. The van der Waals surface area contributed by atoms with Gasteiger partial charge in [0.1, 0.15) is 5.69 Å². The third-order valence-corrected chi connectivity index (χ3v) is 1.78. The number of nitrogen functional groups attached to an aromatic ring is 1. The summed E-state index contributed by atoms with van der Waals surface area (Å²) in [5, 5.41) is 5.38. The summed E-state index contributed by atoms with van der Waals surface area (Å²) < 4.78 is 4.83. The minimum absolute atomic E-state index is 0.169. The van der Waals surface area contributed by atoms with Crippen molar-refractivity contribution in [1.82, 2.24) is 9.97 Å². The molecule has 7 heteroatoms. The van der Waals surface area contributed by atoms with E-state index in [1.54, 1.807) is 0 Å². The van der Waals surface area contributed by atoms with Crippen molar-refractivity contribution in [3.8, 4) is 6.01 Å². The number of aromatic nitrogens is 2. The van der Waals surface area contributed by atoms with Gasteiger partial charge in [-0.3, -0.25) is 4.79 Å². The molecule has 0 aromatic carbocycles. The van der Waals surface area contributed by atoms with Gasteiger partial charge in [-0.1, -0.05) is 0 Å². The Hall–Kier alpha value is -2.05. The van der Waals surface area contributed by atoms with Crippen molar-refractivity contribution >= 4 is 23.2 Å². The summed E-state index contributed by atoms with van der Waals surface area (Å²) in [5.74, 6) is 0.499. The number of methoxy groups -OCH3 is 1. The highest BCUT2D eigenvalue weighted by Gasteiger charge is 2.19. The largest absolute Gasteiger partial charge is 0.467 e. The van der Waals surface area contributed by atoms with Crippen molar-refractivity contribution in [3.05, 3.63) is 0 Å². The van der Waals surface area contributed by atoms with Gasteiger partial charge in [0.25, 0.3) is 0 Å². The topological polar surface area (TPSA) is 102 Å². The predicted octanol–water partition coefficient (Wildman–Crippen LogP) is -0.569. The van der Waals surface area contributed by atoms with Crippen LogP contribution in [0.1, 0.15) is 0 Å². The van der Waals surface area contributed by atoms with E-state index in [1.807, 2.05) is 0 Å². The van der Waals surface area contributed by atoms with Gasteiger partial charge in [-0.05, 0) is 0 Å². The molecular formula is C7H9N5O2. The number of nitrogens with zero attached hydrogens (tertiary/aromatic N) is 2. The van der Waals surface area contributed by atoms with E-state index >= 15 is 0 Å². The standard InChI is InChI=1S/C7H9N5O2/c1-14-7-11-5(8)4-6(12-7)9-2-3(13)10-4/h2H2,1H3,(H,10,13)(H3,8,9,11,12). The number of nitrogens with two attached hydrogens (primary N) is 1. The van der Waals surface area contributed by atoms with Gasteiger partial charge in [-0.2, -0.15) is 9.97 Å². The zero-order valence-corrected chi connectivity index (χ0v) is 7.50. The fourth-order valence-corrected chi connectivity index (χ4v) is 1.15. The Kier molecular flexibility index (Phi) is 1.84. The maximum atomic E-state index is 11.0. The summed E-state index contributed by atoms with van der Waals surface area (Å²) >= 11 is 0. The van der Waals surface area contributed by atoms with Gasteiger partial charge in [0.15, 0.2) is 11.6 Å². The second-order valence-electron chi connectivity index (χ2n) is 2.72. The van der Waals surface area contributed by atoms with Crippen LogP contribution >= 0.6 is 0 Å². The number of hydrogen-bond acceptors (Lipinski definition) is 6. The molecule has 0 spiro atoms. The fraction of sp³-hybridized carbons (Fsp3) is 0.286. The molecule has 74 valence electrons. The molecule has 1 aliphatic rings. The summed E-state index contributed by atoms with van der Waals surface area (Å²) in [7, 11) is 1.45. The Labute approximate surface area is 79.7 Å². The molecule has 0 saturated carbocycles. The number of carbonyl (C=O) groups is 1. The SMILES string of the molecule is COc1nc(N)c2c(n1)NCC(=O)N2. The van der Waals surface area contributed by atoms with Gasteiger partial charge in [0.2, 0.25) is 5.91 Å². The summed E-state index contributed by atoms with van der Waals surface area (Å²) in [6.07, 6.45) is 0. The molecule has 0 bridgehead atoms. The number of hydrogen-bond donors (Lipinski definition) is 3. The highest BCUT2D eigenvalue weighted by atomic mass is 16.5. The first kappa shape index (κ1) is 8.54. The van der Waals surface area contributed by atoms with Crippen LogP contribution in [0.15, 0.2) is 0 Å². The highest BCUT2D eigenvalue weighted by Crippen LogP contribution is 2.29. The fourth-order valence-electron chi connectivity index (χ4n) is 1.15. The lowest BCUT2D eigenvalue weighted by Crippen LogP contribution is -2.29. The molecular weight excluding hydrogens is 186 g/mol. The molecule has 1 aromatic heterocycles. The van der Waals surface area contributed by atoms with Crippen LogP contribution in [0.25, 0.3) is 0 Å². The van der Waals surface area contributed by atoms with Gasteiger partial charge in [-0.25, -0.2) is 0 Å². The maximum Gasteiger partial charge on any atom is 0.320 e. The molecule has 2 rings (SSSR count). The molecule has 0 saturated heterocycles. The number of amides is 1. The lowest BCUT2D eigenvalue weighted by atomic mass is 10.3. The number of fused-ring (bicyclic) bond motifs is 1. The van der Waals surface area contributed by atoms with Crippen molar-refractivity contribution in [2.45, 2.75) is 0 Å². The normalized spacial score (nSPS) is 13.9. The molecule has 0 aliphatic carbocycles. The van der Waals surface area contributed by atoms with Gasteiger partial charge >= 0.3 is 6.01 Å². The van der Waals surface area contributed by atoms with Crippen LogP contribution in [0.5, 0.6) is 6.01 Å². The van der Waals surface area contributed by atoms with Gasteiger partial charge in [-0.15, -0.1) is 0 Å². The lowest BCUT2D eigenvalue weighted by molar-refractivity contribution is -0.114. The van der Waals surface area contributed by atoms with E-state index in [0.29, 0.717) is 11.5 Å². The Morgan fingerprint density at radius 2 is 2.29 bits per heavy atom. The van der Waals surface area contributed by atoms with Gasteiger partial charge in [0.05, 0.1) is 13.7 Å². The lowest BCUT2D eigenvalue weighted by Gasteiger charge is -2.18. The zero-order chi connectivity index (χ0) is 10.1. The molecule has 1 amide bonds. The molecule has 0 unspecified atom stereocenters. The predicted molar refractivity (Wildman–Crippen MR) is 50.1 cm³/mol. The van der Waals surface area contributed by atoms with Crippen LogP contribution in [-0.2, 0) is 4.79 Å². The van der Waals surface area contributed by atoms with E-state index in [-0.39, 0.29) is 24.3 Å². The van der Waals surface area contributed by atoms with Gasteiger partial charge < -0.3 is 21.1 Å². The second-order valence-corrected chi connectivity index (χ2v) is 2.72.